The summed E-state index contributed by atoms with van der Waals surface area (Å²) in [6, 6.07) is 9.28. The molecule has 30 heavy (non-hydrogen) atoms. The summed E-state index contributed by atoms with van der Waals surface area (Å²) in [7, 11) is 4.05. The van der Waals surface area contributed by atoms with Crippen LogP contribution in [0.2, 0.25) is 0 Å². The Labute approximate surface area is 199 Å². The van der Waals surface area contributed by atoms with Gasteiger partial charge in [0.15, 0.2) is 5.96 Å². The summed E-state index contributed by atoms with van der Waals surface area (Å²) in [5.74, 6) is 1.35. The summed E-state index contributed by atoms with van der Waals surface area (Å²) >= 11 is 0. The maximum absolute atomic E-state index is 6.16. The summed E-state index contributed by atoms with van der Waals surface area (Å²) in [6.07, 6.45) is 2.47. The van der Waals surface area contributed by atoms with E-state index in [4.69, 9.17) is 4.74 Å². The number of benzene rings is 1. The summed E-state index contributed by atoms with van der Waals surface area (Å²) < 4.78 is 6.16. The van der Waals surface area contributed by atoms with Gasteiger partial charge < -0.3 is 20.3 Å². The Morgan fingerprint density at radius 3 is 2.53 bits per heavy atom. The van der Waals surface area contributed by atoms with Crippen LogP contribution >= 0.6 is 24.0 Å². The predicted octanol–water partition coefficient (Wildman–Crippen LogP) is 2.88. The highest BCUT2D eigenvalue weighted by Crippen LogP contribution is 2.33. The molecule has 0 aromatic heterocycles. The number of hydrogen-bond acceptors (Lipinski definition) is 4. The summed E-state index contributed by atoms with van der Waals surface area (Å²) in [6.45, 7) is 11.7. The topological polar surface area (TPSA) is 52.1 Å². The van der Waals surface area contributed by atoms with E-state index in [0.29, 0.717) is 12.0 Å². The third kappa shape index (κ3) is 7.35. The largest absolute Gasteiger partial charge is 0.373 e. The molecular weight excluding hydrogens is 489 g/mol. The van der Waals surface area contributed by atoms with Gasteiger partial charge in [-0.05, 0) is 39.3 Å². The van der Waals surface area contributed by atoms with Crippen LogP contribution in [0.1, 0.15) is 37.0 Å². The minimum atomic E-state index is 0. The van der Waals surface area contributed by atoms with Crippen molar-refractivity contribution < 1.29 is 4.74 Å². The molecule has 0 radical (unpaired) electrons. The van der Waals surface area contributed by atoms with Gasteiger partial charge in [-0.25, -0.2) is 0 Å². The molecule has 2 fully saturated rings. The van der Waals surface area contributed by atoms with E-state index in [1.807, 2.05) is 7.05 Å². The average molecular weight is 530 g/mol. The molecule has 170 valence electrons. The number of nitrogens with zero attached hydrogens (tertiary/aromatic N) is 3. The van der Waals surface area contributed by atoms with Crippen LogP contribution in [-0.2, 0) is 4.74 Å². The van der Waals surface area contributed by atoms with Crippen molar-refractivity contribution in [3.05, 3.63) is 35.4 Å². The first kappa shape index (κ1) is 25.4. The first-order valence-electron chi connectivity index (χ1n) is 11.1. The van der Waals surface area contributed by atoms with Crippen molar-refractivity contribution in [2.75, 3.05) is 60.0 Å². The molecule has 1 aromatic rings. The second-order valence-corrected chi connectivity index (χ2v) is 8.63. The number of likely N-dealkylation sites (N-methyl/N-ethyl adjacent to an activating group) is 1. The number of hydrogen-bond donors (Lipinski definition) is 2. The zero-order valence-corrected chi connectivity index (χ0v) is 21.4. The van der Waals surface area contributed by atoms with E-state index in [-0.39, 0.29) is 30.1 Å². The van der Waals surface area contributed by atoms with Crippen LogP contribution in [0.3, 0.4) is 0 Å². The summed E-state index contributed by atoms with van der Waals surface area (Å²) in [5.41, 5.74) is 2.58. The first-order chi connectivity index (χ1) is 14.1. The maximum Gasteiger partial charge on any atom is 0.191 e. The number of nitrogens with one attached hydrogen (secondary N) is 2. The third-order valence-electron chi connectivity index (χ3n) is 6.33. The van der Waals surface area contributed by atoms with Gasteiger partial charge in [-0.1, -0.05) is 29.8 Å². The number of piperazine rings is 1. The van der Waals surface area contributed by atoms with E-state index in [9.17, 15) is 0 Å². The minimum Gasteiger partial charge on any atom is -0.373 e. The van der Waals surface area contributed by atoms with Crippen molar-refractivity contribution in [1.29, 1.82) is 0 Å². The molecule has 2 saturated heterocycles. The van der Waals surface area contributed by atoms with Gasteiger partial charge in [0.05, 0.1) is 6.10 Å². The molecule has 6 nitrogen and oxygen atoms in total. The molecule has 7 heteroatoms. The van der Waals surface area contributed by atoms with E-state index in [1.165, 1.54) is 17.5 Å². The molecule has 3 rings (SSSR count). The molecule has 3 atom stereocenters. The van der Waals surface area contributed by atoms with Crippen LogP contribution < -0.4 is 10.6 Å². The number of ether oxygens (including phenoxy) is 1. The zero-order valence-electron chi connectivity index (χ0n) is 19.1. The Kier molecular flexibility index (Phi) is 10.8. The van der Waals surface area contributed by atoms with Crippen LogP contribution in [0, 0.1) is 12.8 Å². The lowest BCUT2D eigenvalue weighted by Gasteiger charge is -2.36. The van der Waals surface area contributed by atoms with Crippen LogP contribution in [0.4, 0.5) is 0 Å². The fourth-order valence-electron chi connectivity index (χ4n) is 4.26. The van der Waals surface area contributed by atoms with Gasteiger partial charge in [-0.15, -0.1) is 24.0 Å². The van der Waals surface area contributed by atoms with Gasteiger partial charge in [0, 0.05) is 64.9 Å². The fourth-order valence-corrected chi connectivity index (χ4v) is 4.26. The normalized spacial score (nSPS) is 24.7. The molecule has 0 bridgehead atoms. The Morgan fingerprint density at radius 2 is 1.87 bits per heavy atom. The molecule has 3 unspecified atom stereocenters. The number of aryl methyl sites for hydroxylation is 1. The lowest BCUT2D eigenvalue weighted by atomic mass is 9.89. The standard InChI is InChI=1S/C23H39N5O.HI/c1-18-7-9-20(10-8-18)22-21(6-5-15-29-22)17-26-23(24-3)25-16-19(2)28-13-11-27(4)12-14-28;/h7-10,19,21-22H,5-6,11-17H2,1-4H3,(H2,24,25,26);1H. The second-order valence-electron chi connectivity index (χ2n) is 8.63. The van der Waals surface area contributed by atoms with E-state index < -0.39 is 0 Å². The van der Waals surface area contributed by atoms with Crippen LogP contribution in [0.25, 0.3) is 0 Å². The Bertz CT molecular complexity index is 645. The van der Waals surface area contributed by atoms with Crippen LogP contribution in [0.15, 0.2) is 29.3 Å². The number of halogens is 1. The molecule has 2 N–H and O–H groups in total. The third-order valence-corrected chi connectivity index (χ3v) is 6.33. The van der Waals surface area contributed by atoms with Gasteiger partial charge in [-0.2, -0.15) is 0 Å². The van der Waals surface area contributed by atoms with Gasteiger partial charge in [-0.3, -0.25) is 9.89 Å². The van der Waals surface area contributed by atoms with Crippen LogP contribution in [0.5, 0.6) is 0 Å². The summed E-state index contributed by atoms with van der Waals surface area (Å²) in [5, 5.41) is 7.07. The molecule has 2 heterocycles. The van der Waals surface area contributed by atoms with Crippen molar-refractivity contribution >= 4 is 29.9 Å². The van der Waals surface area contributed by atoms with Crippen molar-refractivity contribution in [3.8, 4) is 0 Å². The molecular formula is C23H40IN5O. The quantitative estimate of drug-likeness (QED) is 0.337. The smallest absolute Gasteiger partial charge is 0.191 e. The second kappa shape index (κ2) is 12.8. The molecule has 0 aliphatic carbocycles. The molecule has 1 aromatic carbocycles. The predicted molar refractivity (Wildman–Crippen MR) is 136 cm³/mol. The van der Waals surface area contributed by atoms with E-state index in [0.717, 1.165) is 58.3 Å². The van der Waals surface area contributed by atoms with E-state index in [2.05, 4.69) is 70.6 Å². The highest BCUT2D eigenvalue weighted by Gasteiger charge is 2.27. The van der Waals surface area contributed by atoms with Gasteiger partial charge in [0.1, 0.15) is 0 Å². The highest BCUT2D eigenvalue weighted by molar-refractivity contribution is 14.0. The SMILES string of the molecule is CN=C(NCC1CCCOC1c1ccc(C)cc1)NCC(C)N1CCN(C)CC1.I. The molecule has 2 aliphatic heterocycles. The van der Waals surface area contributed by atoms with E-state index >= 15 is 0 Å². The Morgan fingerprint density at radius 1 is 1.17 bits per heavy atom. The van der Waals surface area contributed by atoms with E-state index in [1.54, 1.807) is 0 Å². The van der Waals surface area contributed by atoms with Gasteiger partial charge >= 0.3 is 0 Å². The number of aliphatic imine (C=N–C) groups is 1. The molecule has 0 amide bonds. The molecule has 2 aliphatic rings. The first-order valence-corrected chi connectivity index (χ1v) is 11.1. The Hall–Kier alpha value is -0.900. The Balaban J connectivity index is 0.00000320. The minimum absolute atomic E-state index is 0. The lowest BCUT2D eigenvalue weighted by Crippen LogP contribution is -2.52. The molecule has 0 spiro atoms. The highest BCUT2D eigenvalue weighted by atomic mass is 127. The average Bonchev–Trinajstić information content (AvgIpc) is 2.75. The fraction of sp³-hybridized carbons (Fsp3) is 0.696. The summed E-state index contributed by atoms with van der Waals surface area (Å²) in [4.78, 5) is 9.39. The maximum atomic E-state index is 6.16. The van der Waals surface area contributed by atoms with Crippen molar-refractivity contribution in [1.82, 2.24) is 20.4 Å². The van der Waals surface area contributed by atoms with Crippen LogP contribution in [-0.4, -0.2) is 81.8 Å². The monoisotopic (exact) mass is 529 g/mol. The van der Waals surface area contributed by atoms with Crippen molar-refractivity contribution in [3.63, 3.8) is 0 Å². The van der Waals surface area contributed by atoms with Crippen molar-refractivity contribution in [2.45, 2.75) is 38.8 Å². The van der Waals surface area contributed by atoms with Gasteiger partial charge in [0.25, 0.3) is 0 Å². The zero-order chi connectivity index (χ0) is 20.6. The lowest BCUT2D eigenvalue weighted by molar-refractivity contribution is -0.0265. The number of guanidine groups is 1. The molecule has 0 saturated carbocycles. The van der Waals surface area contributed by atoms with Crippen molar-refractivity contribution in [2.24, 2.45) is 10.9 Å². The van der Waals surface area contributed by atoms with Gasteiger partial charge in [0.2, 0.25) is 0 Å². The number of rotatable bonds is 6.